The fourth-order valence-electron chi connectivity index (χ4n) is 1.04. The highest BCUT2D eigenvalue weighted by atomic mass is 16.2. The highest BCUT2D eigenvalue weighted by molar-refractivity contribution is 5.73. The van der Waals surface area contributed by atoms with Gasteiger partial charge in [0.2, 0.25) is 0 Å². The van der Waals surface area contributed by atoms with E-state index in [1.165, 1.54) is 0 Å². The Balaban J connectivity index is 2.34. The SMILES string of the molecule is CC(C)NC(=O)NCc1nccn1C. The van der Waals surface area contributed by atoms with Crippen LogP contribution in [0.5, 0.6) is 0 Å². The summed E-state index contributed by atoms with van der Waals surface area (Å²) in [7, 11) is 1.89. The molecule has 0 radical (unpaired) electrons. The van der Waals surface area contributed by atoms with Crippen molar-refractivity contribution in [3.63, 3.8) is 0 Å². The lowest BCUT2D eigenvalue weighted by molar-refractivity contribution is 0.238. The second-order valence-corrected chi connectivity index (χ2v) is 3.44. The first-order chi connectivity index (χ1) is 6.59. The zero-order valence-corrected chi connectivity index (χ0v) is 8.74. The molecule has 5 nitrogen and oxygen atoms in total. The maximum atomic E-state index is 11.2. The minimum atomic E-state index is -0.164. The van der Waals surface area contributed by atoms with Gasteiger partial charge >= 0.3 is 6.03 Å². The quantitative estimate of drug-likeness (QED) is 0.744. The number of aromatic nitrogens is 2. The van der Waals surface area contributed by atoms with Crippen LogP contribution < -0.4 is 10.6 Å². The van der Waals surface area contributed by atoms with Crippen molar-refractivity contribution in [3.05, 3.63) is 18.2 Å². The van der Waals surface area contributed by atoms with Gasteiger partial charge in [-0.25, -0.2) is 9.78 Å². The van der Waals surface area contributed by atoms with E-state index in [0.717, 1.165) is 5.82 Å². The van der Waals surface area contributed by atoms with Crippen molar-refractivity contribution in [1.82, 2.24) is 20.2 Å². The highest BCUT2D eigenvalue weighted by Gasteiger charge is 2.03. The van der Waals surface area contributed by atoms with Crippen molar-refractivity contribution in [2.24, 2.45) is 7.05 Å². The molecule has 0 fully saturated rings. The number of carbonyl (C=O) groups excluding carboxylic acids is 1. The van der Waals surface area contributed by atoms with E-state index in [2.05, 4.69) is 15.6 Å². The van der Waals surface area contributed by atoms with Gasteiger partial charge in [-0.15, -0.1) is 0 Å². The highest BCUT2D eigenvalue weighted by Crippen LogP contribution is 1.92. The maximum absolute atomic E-state index is 11.2. The summed E-state index contributed by atoms with van der Waals surface area (Å²) in [4.78, 5) is 15.3. The molecular formula is C9H16N4O. The molecule has 0 unspecified atom stereocenters. The minimum absolute atomic E-state index is 0.149. The smallest absolute Gasteiger partial charge is 0.315 e. The summed E-state index contributed by atoms with van der Waals surface area (Å²) < 4.78 is 1.87. The summed E-state index contributed by atoms with van der Waals surface area (Å²) in [6, 6.07) is -0.0145. The van der Waals surface area contributed by atoms with Crippen LogP contribution in [0.1, 0.15) is 19.7 Å². The molecule has 5 heteroatoms. The Hall–Kier alpha value is -1.52. The lowest BCUT2D eigenvalue weighted by Gasteiger charge is -2.09. The van der Waals surface area contributed by atoms with Crippen molar-refractivity contribution in [2.75, 3.05) is 0 Å². The molecule has 0 bridgehead atoms. The molecule has 1 rings (SSSR count). The lowest BCUT2D eigenvalue weighted by Crippen LogP contribution is -2.39. The standard InChI is InChI=1S/C9H16N4O/c1-7(2)12-9(14)11-6-8-10-4-5-13(8)3/h4-5,7H,6H2,1-3H3,(H2,11,12,14). The Morgan fingerprint density at radius 1 is 1.64 bits per heavy atom. The predicted octanol–water partition coefficient (Wildman–Crippen LogP) is 0.628. The van der Waals surface area contributed by atoms with E-state index >= 15 is 0 Å². The van der Waals surface area contributed by atoms with Crippen LogP contribution >= 0.6 is 0 Å². The number of nitrogens with zero attached hydrogens (tertiary/aromatic N) is 2. The van der Waals surface area contributed by atoms with Crippen molar-refractivity contribution in [3.8, 4) is 0 Å². The van der Waals surface area contributed by atoms with Gasteiger partial charge in [0.25, 0.3) is 0 Å². The van der Waals surface area contributed by atoms with Gasteiger partial charge in [0.1, 0.15) is 5.82 Å². The van der Waals surface area contributed by atoms with Gasteiger partial charge in [-0.3, -0.25) is 0 Å². The Morgan fingerprint density at radius 3 is 2.86 bits per heavy atom. The minimum Gasteiger partial charge on any atom is -0.337 e. The van der Waals surface area contributed by atoms with Crippen molar-refractivity contribution in [2.45, 2.75) is 26.4 Å². The first kappa shape index (κ1) is 10.6. The number of amides is 2. The Kier molecular flexibility index (Phi) is 3.50. The summed E-state index contributed by atoms with van der Waals surface area (Å²) in [6.45, 7) is 4.28. The van der Waals surface area contributed by atoms with Crippen molar-refractivity contribution in [1.29, 1.82) is 0 Å². The summed E-state index contributed by atoms with van der Waals surface area (Å²) >= 11 is 0. The Bertz CT molecular complexity index is 306. The van der Waals surface area contributed by atoms with Gasteiger partial charge < -0.3 is 15.2 Å². The molecule has 0 spiro atoms. The molecule has 2 amide bonds. The summed E-state index contributed by atoms with van der Waals surface area (Å²) in [6.07, 6.45) is 3.55. The molecule has 14 heavy (non-hydrogen) atoms. The third-order valence-electron chi connectivity index (χ3n) is 1.75. The monoisotopic (exact) mass is 196 g/mol. The van der Waals surface area contributed by atoms with Gasteiger partial charge in [-0.2, -0.15) is 0 Å². The van der Waals surface area contributed by atoms with Crippen LogP contribution in [-0.4, -0.2) is 21.6 Å². The maximum Gasteiger partial charge on any atom is 0.315 e. The van der Waals surface area contributed by atoms with Crippen LogP contribution in [0.3, 0.4) is 0 Å². The number of rotatable bonds is 3. The average Bonchev–Trinajstić information content (AvgIpc) is 2.46. The number of imidazole rings is 1. The van der Waals surface area contributed by atoms with Crippen LogP contribution in [0.4, 0.5) is 4.79 Å². The van der Waals surface area contributed by atoms with Crippen LogP contribution in [0.15, 0.2) is 12.4 Å². The molecule has 0 aliphatic rings. The van der Waals surface area contributed by atoms with E-state index in [9.17, 15) is 4.79 Å². The molecule has 0 saturated heterocycles. The number of hydrogen-bond acceptors (Lipinski definition) is 2. The van der Waals surface area contributed by atoms with E-state index in [1.807, 2.05) is 31.7 Å². The molecule has 1 heterocycles. The average molecular weight is 196 g/mol. The van der Waals surface area contributed by atoms with E-state index in [4.69, 9.17) is 0 Å². The molecule has 0 saturated carbocycles. The Morgan fingerprint density at radius 2 is 2.36 bits per heavy atom. The third kappa shape index (κ3) is 3.08. The molecule has 2 N–H and O–H groups in total. The largest absolute Gasteiger partial charge is 0.337 e. The summed E-state index contributed by atoms with van der Waals surface area (Å²) in [5.41, 5.74) is 0. The molecule has 0 aliphatic carbocycles. The molecular weight excluding hydrogens is 180 g/mol. The second kappa shape index (κ2) is 4.64. The van der Waals surface area contributed by atoms with Crippen LogP contribution in [0, 0.1) is 0 Å². The third-order valence-corrected chi connectivity index (χ3v) is 1.75. The van der Waals surface area contributed by atoms with E-state index in [-0.39, 0.29) is 12.1 Å². The first-order valence-electron chi connectivity index (χ1n) is 4.60. The number of nitrogens with one attached hydrogen (secondary N) is 2. The van der Waals surface area contributed by atoms with Gasteiger partial charge in [-0.05, 0) is 13.8 Å². The zero-order valence-electron chi connectivity index (χ0n) is 8.74. The Labute approximate surface area is 83.5 Å². The summed E-state index contributed by atoms with van der Waals surface area (Å²) in [5, 5.41) is 5.46. The second-order valence-electron chi connectivity index (χ2n) is 3.44. The molecule has 0 aliphatic heterocycles. The van der Waals surface area contributed by atoms with Gasteiger partial charge in [0.15, 0.2) is 0 Å². The number of hydrogen-bond donors (Lipinski definition) is 2. The first-order valence-corrected chi connectivity index (χ1v) is 4.60. The topological polar surface area (TPSA) is 59.0 Å². The molecule has 78 valence electrons. The number of urea groups is 1. The van der Waals surface area contributed by atoms with E-state index < -0.39 is 0 Å². The molecule has 1 aromatic rings. The zero-order chi connectivity index (χ0) is 10.6. The lowest BCUT2D eigenvalue weighted by atomic mass is 10.4. The van der Waals surface area contributed by atoms with Crippen LogP contribution in [0.2, 0.25) is 0 Å². The van der Waals surface area contributed by atoms with Gasteiger partial charge in [0, 0.05) is 25.5 Å². The molecule has 1 aromatic heterocycles. The van der Waals surface area contributed by atoms with Crippen molar-refractivity contribution >= 4 is 6.03 Å². The normalized spacial score (nSPS) is 10.3. The number of aryl methyl sites for hydroxylation is 1. The fourth-order valence-corrected chi connectivity index (χ4v) is 1.04. The van der Waals surface area contributed by atoms with Crippen LogP contribution in [0.25, 0.3) is 0 Å². The number of carbonyl (C=O) groups is 1. The van der Waals surface area contributed by atoms with Gasteiger partial charge in [0.05, 0.1) is 6.54 Å². The fraction of sp³-hybridized carbons (Fsp3) is 0.556. The van der Waals surface area contributed by atoms with E-state index in [0.29, 0.717) is 6.54 Å². The predicted molar refractivity (Wildman–Crippen MR) is 53.7 cm³/mol. The molecule has 0 atom stereocenters. The van der Waals surface area contributed by atoms with Crippen LogP contribution in [-0.2, 0) is 13.6 Å². The molecule has 0 aromatic carbocycles. The van der Waals surface area contributed by atoms with Gasteiger partial charge in [-0.1, -0.05) is 0 Å². The summed E-state index contributed by atoms with van der Waals surface area (Å²) in [5.74, 6) is 0.837. The van der Waals surface area contributed by atoms with E-state index in [1.54, 1.807) is 6.20 Å². The van der Waals surface area contributed by atoms with Crippen molar-refractivity contribution < 1.29 is 4.79 Å².